The summed E-state index contributed by atoms with van der Waals surface area (Å²) in [5.74, 6) is 0.739. The number of nitrogens with zero attached hydrogens (tertiary/aromatic N) is 1. The Bertz CT molecular complexity index is 269. The molecule has 84 valence electrons. The van der Waals surface area contributed by atoms with Crippen LogP contribution in [-0.2, 0) is 0 Å². The van der Waals surface area contributed by atoms with Gasteiger partial charge in [-0.1, -0.05) is 19.9 Å². The number of pyridine rings is 1. The molecule has 0 aliphatic rings. The molecule has 2 nitrogen and oxygen atoms in total. The minimum Gasteiger partial charge on any atom is -0.306 e. The first kappa shape index (κ1) is 12.2. The van der Waals surface area contributed by atoms with Gasteiger partial charge < -0.3 is 5.32 Å². The van der Waals surface area contributed by atoms with Crippen molar-refractivity contribution < 1.29 is 0 Å². The van der Waals surface area contributed by atoms with Gasteiger partial charge in [-0.05, 0) is 38.3 Å². The van der Waals surface area contributed by atoms with Crippen LogP contribution in [0, 0.1) is 5.92 Å². The summed E-state index contributed by atoms with van der Waals surface area (Å²) in [6.07, 6.45) is 3.05. The lowest BCUT2D eigenvalue weighted by Gasteiger charge is -2.21. The highest BCUT2D eigenvalue weighted by atomic mass is 15.0. The second-order valence-corrected chi connectivity index (χ2v) is 4.67. The molecule has 0 bridgehead atoms. The summed E-state index contributed by atoms with van der Waals surface area (Å²) in [5.41, 5.74) is 1.12. The van der Waals surface area contributed by atoms with Gasteiger partial charge in [0, 0.05) is 18.3 Å². The Kier molecular flexibility index (Phi) is 4.76. The highest BCUT2D eigenvalue weighted by Crippen LogP contribution is 2.12. The Hall–Kier alpha value is -0.890. The average molecular weight is 206 g/mol. The Morgan fingerprint density at radius 2 is 1.93 bits per heavy atom. The molecule has 0 radical (unpaired) electrons. The molecular weight excluding hydrogens is 184 g/mol. The zero-order chi connectivity index (χ0) is 11.3. The molecule has 1 rings (SSSR count). The van der Waals surface area contributed by atoms with E-state index in [-0.39, 0.29) is 0 Å². The summed E-state index contributed by atoms with van der Waals surface area (Å²) in [5, 5.41) is 3.56. The van der Waals surface area contributed by atoms with Crippen LogP contribution < -0.4 is 5.32 Å². The third-order valence-corrected chi connectivity index (χ3v) is 2.49. The van der Waals surface area contributed by atoms with Crippen LogP contribution >= 0.6 is 0 Å². The van der Waals surface area contributed by atoms with Crippen LogP contribution in [0.1, 0.15) is 45.9 Å². The first-order valence-electron chi connectivity index (χ1n) is 5.76. The maximum Gasteiger partial charge on any atom is 0.0570 e. The van der Waals surface area contributed by atoms with Crippen molar-refractivity contribution in [1.29, 1.82) is 0 Å². The maximum absolute atomic E-state index is 4.35. The van der Waals surface area contributed by atoms with Gasteiger partial charge in [-0.3, -0.25) is 4.98 Å². The molecule has 1 aromatic rings. The van der Waals surface area contributed by atoms with Gasteiger partial charge in [-0.25, -0.2) is 0 Å². The van der Waals surface area contributed by atoms with Crippen LogP contribution in [0.25, 0.3) is 0 Å². The molecule has 1 heterocycles. The highest BCUT2D eigenvalue weighted by Gasteiger charge is 2.10. The number of hydrogen-bond acceptors (Lipinski definition) is 2. The summed E-state index contributed by atoms with van der Waals surface area (Å²) in [4.78, 5) is 4.35. The van der Waals surface area contributed by atoms with E-state index in [9.17, 15) is 0 Å². The third-order valence-electron chi connectivity index (χ3n) is 2.49. The van der Waals surface area contributed by atoms with Crippen LogP contribution in [0.5, 0.6) is 0 Å². The normalized spacial score (nSPS) is 15.3. The number of nitrogens with one attached hydrogen (secondary N) is 1. The quantitative estimate of drug-likeness (QED) is 0.800. The van der Waals surface area contributed by atoms with Gasteiger partial charge >= 0.3 is 0 Å². The SMILES string of the molecule is CC(C)CC(C)N[C@@H](C)c1ccccn1. The van der Waals surface area contributed by atoms with Gasteiger partial charge in [0.1, 0.15) is 0 Å². The molecule has 0 saturated carbocycles. The summed E-state index contributed by atoms with van der Waals surface area (Å²) < 4.78 is 0. The number of rotatable bonds is 5. The van der Waals surface area contributed by atoms with E-state index in [1.165, 1.54) is 6.42 Å². The van der Waals surface area contributed by atoms with Crippen LogP contribution in [0.15, 0.2) is 24.4 Å². The van der Waals surface area contributed by atoms with Crippen molar-refractivity contribution in [2.45, 2.75) is 46.2 Å². The van der Waals surface area contributed by atoms with E-state index >= 15 is 0 Å². The topological polar surface area (TPSA) is 24.9 Å². The molecule has 0 aliphatic carbocycles. The predicted molar refractivity (Wildman–Crippen MR) is 64.7 cm³/mol. The smallest absolute Gasteiger partial charge is 0.0570 e. The number of aromatic nitrogens is 1. The second kappa shape index (κ2) is 5.86. The summed E-state index contributed by atoms with van der Waals surface area (Å²) in [7, 11) is 0. The van der Waals surface area contributed by atoms with E-state index in [2.05, 4.69) is 44.1 Å². The van der Waals surface area contributed by atoms with Gasteiger partial charge in [-0.2, -0.15) is 0 Å². The number of hydrogen-bond donors (Lipinski definition) is 1. The standard InChI is InChI=1S/C13H22N2/c1-10(2)9-11(3)15-12(4)13-7-5-6-8-14-13/h5-8,10-12,15H,9H2,1-4H3/t11?,12-/m0/s1. The van der Waals surface area contributed by atoms with Crippen molar-refractivity contribution >= 4 is 0 Å². The fourth-order valence-electron chi connectivity index (χ4n) is 1.92. The van der Waals surface area contributed by atoms with Gasteiger partial charge in [0.05, 0.1) is 5.69 Å². The minimum absolute atomic E-state index is 0.333. The molecular formula is C13H22N2. The van der Waals surface area contributed by atoms with Crippen molar-refractivity contribution in [3.8, 4) is 0 Å². The lowest BCUT2D eigenvalue weighted by atomic mass is 10.0. The highest BCUT2D eigenvalue weighted by molar-refractivity contribution is 5.07. The van der Waals surface area contributed by atoms with Crippen molar-refractivity contribution in [2.75, 3.05) is 0 Å². The van der Waals surface area contributed by atoms with Gasteiger partial charge in [0.15, 0.2) is 0 Å². The average Bonchev–Trinajstić information content (AvgIpc) is 2.17. The van der Waals surface area contributed by atoms with Gasteiger partial charge in [-0.15, -0.1) is 0 Å². The van der Waals surface area contributed by atoms with Crippen LogP contribution in [0.4, 0.5) is 0 Å². The summed E-state index contributed by atoms with van der Waals surface area (Å²) in [6, 6.07) is 6.93. The first-order chi connectivity index (χ1) is 7.09. The molecule has 1 N–H and O–H groups in total. The van der Waals surface area contributed by atoms with Crippen LogP contribution in [0.2, 0.25) is 0 Å². The van der Waals surface area contributed by atoms with E-state index < -0.39 is 0 Å². The van der Waals surface area contributed by atoms with Crippen LogP contribution in [0.3, 0.4) is 0 Å². The Morgan fingerprint density at radius 1 is 1.20 bits per heavy atom. The summed E-state index contributed by atoms with van der Waals surface area (Å²) in [6.45, 7) is 8.91. The molecule has 0 aromatic carbocycles. The lowest BCUT2D eigenvalue weighted by Crippen LogP contribution is -2.30. The van der Waals surface area contributed by atoms with E-state index in [4.69, 9.17) is 0 Å². The molecule has 0 amide bonds. The molecule has 0 aliphatic heterocycles. The monoisotopic (exact) mass is 206 g/mol. The van der Waals surface area contributed by atoms with E-state index in [0.29, 0.717) is 12.1 Å². The molecule has 1 unspecified atom stereocenters. The van der Waals surface area contributed by atoms with Crippen molar-refractivity contribution in [2.24, 2.45) is 5.92 Å². The Labute approximate surface area is 93.1 Å². The third kappa shape index (κ3) is 4.43. The largest absolute Gasteiger partial charge is 0.306 e. The van der Waals surface area contributed by atoms with E-state index in [1.807, 2.05) is 18.3 Å². The van der Waals surface area contributed by atoms with Crippen molar-refractivity contribution in [3.05, 3.63) is 30.1 Å². The van der Waals surface area contributed by atoms with E-state index in [0.717, 1.165) is 11.6 Å². The fraction of sp³-hybridized carbons (Fsp3) is 0.615. The molecule has 2 heteroatoms. The zero-order valence-electron chi connectivity index (χ0n) is 10.2. The van der Waals surface area contributed by atoms with Crippen molar-refractivity contribution in [3.63, 3.8) is 0 Å². The maximum atomic E-state index is 4.35. The first-order valence-corrected chi connectivity index (χ1v) is 5.76. The Morgan fingerprint density at radius 3 is 2.47 bits per heavy atom. The zero-order valence-corrected chi connectivity index (χ0v) is 10.2. The lowest BCUT2D eigenvalue weighted by molar-refractivity contribution is 0.403. The second-order valence-electron chi connectivity index (χ2n) is 4.67. The molecule has 1 aromatic heterocycles. The predicted octanol–water partition coefficient (Wildman–Crippen LogP) is 3.17. The van der Waals surface area contributed by atoms with Crippen molar-refractivity contribution in [1.82, 2.24) is 10.3 Å². The van der Waals surface area contributed by atoms with E-state index in [1.54, 1.807) is 0 Å². The molecule has 0 spiro atoms. The van der Waals surface area contributed by atoms with Crippen LogP contribution in [-0.4, -0.2) is 11.0 Å². The molecule has 0 saturated heterocycles. The fourth-order valence-corrected chi connectivity index (χ4v) is 1.92. The summed E-state index contributed by atoms with van der Waals surface area (Å²) >= 11 is 0. The van der Waals surface area contributed by atoms with Gasteiger partial charge in [0.2, 0.25) is 0 Å². The molecule has 2 atom stereocenters. The minimum atomic E-state index is 0.333. The van der Waals surface area contributed by atoms with Gasteiger partial charge in [0.25, 0.3) is 0 Å². The molecule has 0 fully saturated rings. The Balaban J connectivity index is 2.45. The molecule has 15 heavy (non-hydrogen) atoms.